The van der Waals surface area contributed by atoms with Crippen LogP contribution < -0.4 is 0 Å². The second-order valence-corrected chi connectivity index (χ2v) is 19.5. The van der Waals surface area contributed by atoms with Gasteiger partial charge in [-0.2, -0.15) is 0 Å². The Morgan fingerprint density at radius 2 is 1.03 bits per heavy atom. The first-order chi connectivity index (χ1) is 32.4. The number of ether oxygens (including phenoxy) is 12. The van der Waals surface area contributed by atoms with E-state index in [0.717, 1.165) is 62.2 Å². The summed E-state index contributed by atoms with van der Waals surface area (Å²) in [5.41, 5.74) is -1.18. The summed E-state index contributed by atoms with van der Waals surface area (Å²) in [6, 6.07) is 0. The van der Waals surface area contributed by atoms with Gasteiger partial charge in [-0.25, -0.2) is 9.59 Å². The number of Topliss-reactive ketones (excluding diaryl/α,β-unsaturated/α-hetero) is 2. The monoisotopic (exact) mass is 980 g/mol. The normalized spacial score (nSPS) is 39.1. The van der Waals surface area contributed by atoms with Gasteiger partial charge in [0.25, 0.3) is 0 Å². The Balaban J connectivity index is 1.16. The molecule has 69 heavy (non-hydrogen) atoms. The van der Waals surface area contributed by atoms with Gasteiger partial charge in [0.2, 0.25) is 0 Å². The standard InChI is InChI=1S/C47H64O22/c1-20(48)61-34-36(63-22(3)50)40(65-24(5)52)44(68-38(34)42(56)58-9)60-19-32(55)30-14-13-29-28-12-11-26-17-27(15-16-46(26,7)33(28)31(54)18-47(29,30)8)67-45-41(66-25(6)53)37(64-23(4)51)35(62-21(2)49)39(69-45)43(57)59-10/h26-30,33-41,44-45H,11-19H2,1-10H3/t26-,27-,28-,29+,30-,33-,34-,35+,36-,37+,38-,39+,40+,41-,44+,45-,46-,47+/m1/s1. The van der Waals surface area contributed by atoms with Crippen molar-refractivity contribution in [2.75, 3.05) is 20.8 Å². The molecule has 0 N–H and O–H groups in total. The van der Waals surface area contributed by atoms with Crippen LogP contribution in [-0.4, -0.2) is 148 Å². The number of ketones is 2. The van der Waals surface area contributed by atoms with Gasteiger partial charge in [0, 0.05) is 59.8 Å². The third-order valence-electron chi connectivity index (χ3n) is 15.1. The van der Waals surface area contributed by atoms with Crippen molar-refractivity contribution >= 4 is 59.3 Å². The number of methoxy groups -OCH3 is 2. The van der Waals surface area contributed by atoms with Crippen molar-refractivity contribution in [3.63, 3.8) is 0 Å². The Kier molecular flexibility index (Phi) is 16.6. The topological polar surface area (TPSA) is 281 Å². The van der Waals surface area contributed by atoms with E-state index in [1.54, 1.807) is 0 Å². The van der Waals surface area contributed by atoms with E-state index in [-0.39, 0.29) is 41.7 Å². The number of rotatable bonds is 14. The lowest BCUT2D eigenvalue weighted by Gasteiger charge is -2.60. The van der Waals surface area contributed by atoms with Gasteiger partial charge in [-0.05, 0) is 73.5 Å². The van der Waals surface area contributed by atoms with Crippen LogP contribution in [0, 0.1) is 40.4 Å². The first-order valence-electron chi connectivity index (χ1n) is 23.3. The zero-order valence-electron chi connectivity index (χ0n) is 40.6. The second-order valence-electron chi connectivity index (χ2n) is 19.5. The molecule has 0 bridgehead atoms. The Labute approximate surface area is 398 Å². The second kappa shape index (κ2) is 21.5. The quantitative estimate of drug-likeness (QED) is 0.137. The highest BCUT2D eigenvalue weighted by Crippen LogP contribution is 2.66. The van der Waals surface area contributed by atoms with Crippen molar-refractivity contribution in [2.45, 2.75) is 174 Å². The molecule has 18 atom stereocenters. The number of fused-ring (bicyclic) bond motifs is 5. The maximum Gasteiger partial charge on any atom is 0.339 e. The number of hydrogen-bond donors (Lipinski definition) is 0. The Morgan fingerprint density at radius 3 is 1.52 bits per heavy atom. The lowest BCUT2D eigenvalue weighted by molar-refractivity contribution is -0.314. The minimum absolute atomic E-state index is 0.000853. The largest absolute Gasteiger partial charge is 0.467 e. The molecule has 0 radical (unpaired) electrons. The lowest BCUT2D eigenvalue weighted by Crippen LogP contribution is -2.64. The van der Waals surface area contributed by atoms with Crippen molar-refractivity contribution in [2.24, 2.45) is 40.4 Å². The number of hydrogen-bond acceptors (Lipinski definition) is 22. The summed E-state index contributed by atoms with van der Waals surface area (Å²) >= 11 is 0. The highest BCUT2D eigenvalue weighted by molar-refractivity contribution is 5.88. The predicted octanol–water partition coefficient (Wildman–Crippen LogP) is 2.18. The minimum Gasteiger partial charge on any atom is -0.467 e. The number of esters is 8. The van der Waals surface area contributed by atoms with E-state index >= 15 is 0 Å². The highest BCUT2D eigenvalue weighted by atomic mass is 16.8. The fourth-order valence-electron chi connectivity index (χ4n) is 12.5. The van der Waals surface area contributed by atoms with E-state index in [1.807, 2.05) is 6.92 Å². The summed E-state index contributed by atoms with van der Waals surface area (Å²) in [6.45, 7) is 10.0. The first-order valence-corrected chi connectivity index (χ1v) is 23.3. The van der Waals surface area contributed by atoms with Crippen LogP contribution in [-0.2, 0) is 105 Å². The van der Waals surface area contributed by atoms with Crippen LogP contribution in [0.25, 0.3) is 0 Å². The summed E-state index contributed by atoms with van der Waals surface area (Å²) < 4.78 is 66.8. The van der Waals surface area contributed by atoms with Crippen LogP contribution in [0.2, 0.25) is 0 Å². The SMILES string of the molecule is COC(=O)[C@H]1O[C@@H](O[C@@H]2CC[C@]3(C)[C@H](CC[C@@H]4[C@@H]5CC[C@H](C(=O)CO[C@H]6O[C@@H](C(=O)OC)[C@H](OC(C)=O)[C@@H](OC(C)=O)[C@@H]6OC(C)=O)[C@@]5(C)CC(=O)[C@@H]43)C2)[C@H](OC(C)=O)[C@@H](OC(C)=O)[C@@H]1OC(C)=O. The molecular formula is C47H64O22. The van der Waals surface area contributed by atoms with Gasteiger partial charge in [-0.3, -0.25) is 38.4 Å². The third-order valence-corrected chi connectivity index (χ3v) is 15.1. The molecule has 4 aliphatic carbocycles. The number of carbonyl (C=O) groups is 10. The zero-order chi connectivity index (χ0) is 50.9. The molecule has 4 saturated carbocycles. The fraction of sp³-hybridized carbons (Fsp3) is 0.787. The van der Waals surface area contributed by atoms with Gasteiger partial charge in [-0.15, -0.1) is 0 Å². The van der Waals surface area contributed by atoms with Gasteiger partial charge < -0.3 is 56.8 Å². The van der Waals surface area contributed by atoms with Crippen molar-refractivity contribution < 1.29 is 105 Å². The van der Waals surface area contributed by atoms with Crippen LogP contribution in [0.5, 0.6) is 0 Å². The predicted molar refractivity (Wildman–Crippen MR) is 226 cm³/mol. The van der Waals surface area contributed by atoms with Crippen LogP contribution in [0.1, 0.15) is 107 Å². The van der Waals surface area contributed by atoms with Crippen LogP contribution in [0.15, 0.2) is 0 Å². The molecule has 6 fully saturated rings. The molecule has 0 unspecified atom stereocenters. The van der Waals surface area contributed by atoms with Crippen molar-refractivity contribution in [1.29, 1.82) is 0 Å². The average molecular weight is 981 g/mol. The molecule has 0 aromatic rings. The summed E-state index contributed by atoms with van der Waals surface area (Å²) in [6.07, 6.45) is -12.0. The molecule has 0 spiro atoms. The van der Waals surface area contributed by atoms with Gasteiger partial charge >= 0.3 is 47.8 Å². The van der Waals surface area contributed by atoms with Crippen molar-refractivity contribution in [3.8, 4) is 0 Å². The first kappa shape index (κ1) is 53.3. The molecular weight excluding hydrogens is 916 g/mol. The molecule has 6 rings (SSSR count). The fourth-order valence-corrected chi connectivity index (χ4v) is 12.5. The molecule has 22 heteroatoms. The van der Waals surface area contributed by atoms with Crippen molar-refractivity contribution in [1.82, 2.24) is 0 Å². The minimum atomic E-state index is -1.70. The Bertz CT molecular complexity index is 2040. The molecule has 0 aromatic carbocycles. The molecule has 384 valence electrons. The average Bonchev–Trinajstić information content (AvgIpc) is 3.61. The van der Waals surface area contributed by atoms with E-state index < -0.39 is 139 Å². The van der Waals surface area contributed by atoms with Crippen LogP contribution in [0.3, 0.4) is 0 Å². The summed E-state index contributed by atoms with van der Waals surface area (Å²) in [5.74, 6) is -8.24. The molecule has 6 aliphatic rings. The number of carbonyl (C=O) groups excluding carboxylic acids is 10. The van der Waals surface area contributed by atoms with Crippen LogP contribution in [0.4, 0.5) is 0 Å². The molecule has 2 heterocycles. The zero-order valence-corrected chi connectivity index (χ0v) is 40.6. The van der Waals surface area contributed by atoms with Crippen LogP contribution >= 0.6 is 0 Å². The summed E-state index contributed by atoms with van der Waals surface area (Å²) in [5, 5.41) is 0. The third kappa shape index (κ3) is 11.1. The molecule has 2 aliphatic heterocycles. The summed E-state index contributed by atoms with van der Waals surface area (Å²) in [4.78, 5) is 128. The van der Waals surface area contributed by atoms with E-state index in [1.165, 1.54) is 0 Å². The van der Waals surface area contributed by atoms with Crippen molar-refractivity contribution in [3.05, 3.63) is 0 Å². The van der Waals surface area contributed by atoms with E-state index in [0.29, 0.717) is 38.5 Å². The van der Waals surface area contributed by atoms with Gasteiger partial charge in [0.1, 0.15) is 12.4 Å². The smallest absolute Gasteiger partial charge is 0.339 e. The van der Waals surface area contributed by atoms with E-state index in [9.17, 15) is 47.9 Å². The molecule has 22 nitrogen and oxygen atoms in total. The van der Waals surface area contributed by atoms with E-state index in [2.05, 4.69) is 6.92 Å². The Morgan fingerprint density at radius 1 is 0.565 bits per heavy atom. The van der Waals surface area contributed by atoms with Gasteiger partial charge in [0.05, 0.1) is 20.3 Å². The molecule has 0 amide bonds. The molecule has 2 saturated heterocycles. The van der Waals surface area contributed by atoms with Gasteiger partial charge in [-0.1, -0.05) is 13.8 Å². The maximum atomic E-state index is 14.7. The highest BCUT2D eigenvalue weighted by Gasteiger charge is 2.65. The lowest BCUT2D eigenvalue weighted by atomic mass is 9.44. The van der Waals surface area contributed by atoms with Gasteiger partial charge in [0.15, 0.2) is 67.2 Å². The Hall–Kier alpha value is -5.06. The maximum absolute atomic E-state index is 14.7. The molecule has 0 aromatic heterocycles. The summed E-state index contributed by atoms with van der Waals surface area (Å²) in [7, 11) is 2.16. The van der Waals surface area contributed by atoms with E-state index in [4.69, 9.17) is 56.8 Å².